The predicted molar refractivity (Wildman–Crippen MR) is 59.2 cm³/mol. The van der Waals surface area contributed by atoms with E-state index in [-0.39, 0.29) is 5.41 Å². The highest BCUT2D eigenvalue weighted by Crippen LogP contribution is 2.75. The van der Waals surface area contributed by atoms with Gasteiger partial charge in [0.1, 0.15) is 5.60 Å². The Morgan fingerprint density at radius 3 is 2.38 bits per heavy atom. The van der Waals surface area contributed by atoms with Gasteiger partial charge in [0.25, 0.3) is 5.06 Å². The summed E-state index contributed by atoms with van der Waals surface area (Å²) in [5, 5.41) is -1.17. The molecule has 2 atom stereocenters. The summed E-state index contributed by atoms with van der Waals surface area (Å²) >= 11 is 6.28. The van der Waals surface area contributed by atoms with Gasteiger partial charge in [-0.15, -0.1) is 0 Å². The van der Waals surface area contributed by atoms with Gasteiger partial charge in [0, 0.05) is 5.41 Å². The van der Waals surface area contributed by atoms with E-state index in [1.165, 1.54) is 26.4 Å². The highest BCUT2D eigenvalue weighted by Gasteiger charge is 2.86. The number of fused-ring (bicyclic) bond motifs is 1. The summed E-state index contributed by atoms with van der Waals surface area (Å²) in [7, 11) is 1.37. The molecule has 2 saturated carbocycles. The molecule has 2 unspecified atom stereocenters. The third-order valence-electron chi connectivity index (χ3n) is 4.86. The van der Waals surface area contributed by atoms with Gasteiger partial charge in [-0.05, 0) is 25.7 Å². The molecule has 3 nitrogen and oxygen atoms in total. The van der Waals surface area contributed by atoms with E-state index in [9.17, 15) is 4.79 Å². The molecule has 0 bridgehead atoms. The number of carbonyl (C=O) groups excluding carboxylic acids is 1. The molecule has 3 rings (SSSR count). The minimum Gasteiger partial charge on any atom is -0.466 e. The summed E-state index contributed by atoms with van der Waals surface area (Å²) < 4.78 is 10.4. The number of halogens is 1. The monoisotopic (exact) mass is 244 g/mol. The van der Waals surface area contributed by atoms with Crippen molar-refractivity contribution in [1.29, 1.82) is 0 Å². The van der Waals surface area contributed by atoms with Crippen LogP contribution in [0.4, 0.5) is 0 Å². The number of carbonyl (C=O) groups is 1. The molecule has 16 heavy (non-hydrogen) atoms. The summed E-state index contributed by atoms with van der Waals surface area (Å²) in [5.41, 5.74) is -0.226. The van der Waals surface area contributed by atoms with Crippen LogP contribution in [0.15, 0.2) is 0 Å². The molecule has 1 heterocycles. The summed E-state index contributed by atoms with van der Waals surface area (Å²) in [5.74, 6) is -0.418. The van der Waals surface area contributed by atoms with Gasteiger partial charge < -0.3 is 9.47 Å². The zero-order chi connectivity index (χ0) is 11.4. The van der Waals surface area contributed by atoms with Crippen molar-refractivity contribution in [3.63, 3.8) is 0 Å². The molecule has 90 valence electrons. The Hall–Kier alpha value is -0.280. The van der Waals surface area contributed by atoms with Crippen LogP contribution in [0.2, 0.25) is 0 Å². The van der Waals surface area contributed by atoms with Gasteiger partial charge in [-0.1, -0.05) is 30.9 Å². The second-order valence-electron chi connectivity index (χ2n) is 5.36. The molecule has 0 amide bonds. The zero-order valence-electron chi connectivity index (χ0n) is 9.55. The van der Waals surface area contributed by atoms with Crippen molar-refractivity contribution in [1.82, 2.24) is 0 Å². The van der Waals surface area contributed by atoms with E-state index in [0.717, 1.165) is 25.7 Å². The second kappa shape index (κ2) is 3.14. The van der Waals surface area contributed by atoms with Crippen molar-refractivity contribution in [2.24, 2.45) is 5.41 Å². The maximum Gasteiger partial charge on any atom is 0.357 e. The molecule has 0 radical (unpaired) electrons. The molecule has 0 N–H and O–H groups in total. The van der Waals surface area contributed by atoms with E-state index in [1.54, 1.807) is 0 Å². The minimum absolute atomic E-state index is 0.168. The second-order valence-corrected chi connectivity index (χ2v) is 5.89. The fourth-order valence-corrected chi connectivity index (χ4v) is 4.31. The zero-order valence-corrected chi connectivity index (χ0v) is 10.3. The lowest BCUT2D eigenvalue weighted by Gasteiger charge is -2.51. The molecule has 1 aliphatic heterocycles. The minimum atomic E-state index is -1.17. The summed E-state index contributed by atoms with van der Waals surface area (Å²) in [6.07, 6.45) is 8.13. The van der Waals surface area contributed by atoms with Crippen molar-refractivity contribution in [3.8, 4) is 0 Å². The summed E-state index contributed by atoms with van der Waals surface area (Å²) in [6, 6.07) is 0. The third-order valence-corrected chi connectivity index (χ3v) is 5.40. The largest absolute Gasteiger partial charge is 0.466 e. The molecule has 1 saturated heterocycles. The summed E-state index contributed by atoms with van der Waals surface area (Å²) in [6.45, 7) is 0. The molecule has 3 fully saturated rings. The van der Waals surface area contributed by atoms with Gasteiger partial charge in [0.2, 0.25) is 0 Å². The Morgan fingerprint density at radius 2 is 1.88 bits per heavy atom. The first-order chi connectivity index (χ1) is 7.60. The van der Waals surface area contributed by atoms with Crippen molar-refractivity contribution >= 4 is 17.6 Å². The molecular formula is C12H17ClO3. The Bertz CT molecular complexity index is 337. The van der Waals surface area contributed by atoms with Crippen molar-refractivity contribution < 1.29 is 14.3 Å². The number of hydrogen-bond acceptors (Lipinski definition) is 3. The van der Waals surface area contributed by atoms with E-state index in [1.807, 2.05) is 0 Å². The van der Waals surface area contributed by atoms with Crippen LogP contribution in [0.5, 0.6) is 0 Å². The van der Waals surface area contributed by atoms with Crippen molar-refractivity contribution in [2.75, 3.05) is 7.11 Å². The van der Waals surface area contributed by atoms with Crippen LogP contribution >= 0.6 is 11.6 Å². The maximum atomic E-state index is 11.7. The normalized spacial score (nSPS) is 44.1. The number of rotatable bonds is 1. The van der Waals surface area contributed by atoms with Crippen molar-refractivity contribution in [2.45, 2.75) is 55.6 Å². The Balaban J connectivity index is 1.84. The molecule has 4 heteroatoms. The summed E-state index contributed by atoms with van der Waals surface area (Å²) in [4.78, 5) is 11.7. The smallest absolute Gasteiger partial charge is 0.357 e. The quantitative estimate of drug-likeness (QED) is 0.404. The lowest BCUT2D eigenvalue weighted by molar-refractivity contribution is -0.144. The van der Waals surface area contributed by atoms with E-state index in [4.69, 9.17) is 21.1 Å². The lowest BCUT2D eigenvalue weighted by Crippen LogP contribution is -2.54. The van der Waals surface area contributed by atoms with Gasteiger partial charge in [-0.2, -0.15) is 0 Å². The fourth-order valence-electron chi connectivity index (χ4n) is 3.80. The highest BCUT2D eigenvalue weighted by atomic mass is 35.5. The molecule has 2 spiro atoms. The molecule has 3 aliphatic rings. The lowest BCUT2D eigenvalue weighted by atomic mass is 9.52. The average Bonchev–Trinajstić information content (AvgIpc) is 2.99. The number of esters is 1. The first-order valence-corrected chi connectivity index (χ1v) is 6.46. The van der Waals surface area contributed by atoms with Crippen molar-refractivity contribution in [3.05, 3.63) is 0 Å². The van der Waals surface area contributed by atoms with Crippen LogP contribution in [-0.2, 0) is 14.3 Å². The van der Waals surface area contributed by atoms with Crippen LogP contribution < -0.4 is 0 Å². The standard InChI is InChI=1S/C12H17ClO3/c1-15-9(14)12(13)11(16-12)8-7-10(11)5-3-2-4-6-10/h2-8H2,1H3. The number of methoxy groups -OCH3 is 1. The van der Waals surface area contributed by atoms with Crippen LogP contribution in [0, 0.1) is 5.41 Å². The van der Waals surface area contributed by atoms with Gasteiger partial charge >= 0.3 is 5.97 Å². The Labute approximate surface area is 100 Å². The van der Waals surface area contributed by atoms with Crippen LogP contribution in [-0.4, -0.2) is 23.7 Å². The first kappa shape index (κ1) is 10.8. The third kappa shape index (κ3) is 1.02. The van der Waals surface area contributed by atoms with E-state index in [0.29, 0.717) is 0 Å². The van der Waals surface area contributed by atoms with Crippen LogP contribution in [0.1, 0.15) is 44.9 Å². The SMILES string of the molecule is COC(=O)C1(Cl)OC12CCC21CCCCC1. The van der Waals surface area contributed by atoms with E-state index in [2.05, 4.69) is 0 Å². The van der Waals surface area contributed by atoms with E-state index >= 15 is 0 Å². The molecule has 0 aromatic heterocycles. The maximum absolute atomic E-state index is 11.7. The van der Waals surface area contributed by atoms with E-state index < -0.39 is 16.6 Å². The first-order valence-electron chi connectivity index (χ1n) is 6.08. The number of ether oxygens (including phenoxy) is 2. The number of alkyl halides is 1. The number of hydrogen-bond donors (Lipinski definition) is 0. The molecule has 2 aliphatic carbocycles. The van der Waals surface area contributed by atoms with Crippen LogP contribution in [0.3, 0.4) is 0 Å². The van der Waals surface area contributed by atoms with Gasteiger partial charge in [0.05, 0.1) is 7.11 Å². The molecule has 0 aromatic carbocycles. The molecular weight excluding hydrogens is 228 g/mol. The molecule has 0 aromatic rings. The topological polar surface area (TPSA) is 38.8 Å². The highest BCUT2D eigenvalue weighted by molar-refractivity contribution is 6.36. The fraction of sp³-hybridized carbons (Fsp3) is 0.917. The van der Waals surface area contributed by atoms with Gasteiger partial charge in [-0.3, -0.25) is 0 Å². The van der Waals surface area contributed by atoms with Gasteiger partial charge in [-0.25, -0.2) is 4.79 Å². The Morgan fingerprint density at radius 1 is 1.19 bits per heavy atom. The van der Waals surface area contributed by atoms with Gasteiger partial charge in [0.15, 0.2) is 0 Å². The predicted octanol–water partition coefficient (Wildman–Crippen LogP) is 2.61. The van der Waals surface area contributed by atoms with Crippen LogP contribution in [0.25, 0.3) is 0 Å². The number of epoxide rings is 1. The average molecular weight is 245 g/mol. The Kier molecular flexibility index (Phi) is 2.13.